The first-order valence-electron chi connectivity index (χ1n) is 6.61. The fourth-order valence-electron chi connectivity index (χ4n) is 2.83. The van der Waals surface area contributed by atoms with E-state index in [9.17, 15) is 4.79 Å². The molecule has 0 radical (unpaired) electrons. The smallest absolute Gasteiger partial charge is 0.231 e. The molecule has 19 heavy (non-hydrogen) atoms. The standard InChI is InChI=1S/C13H20BrN3OS/c14-12-6-5-11(19-12)10(7-15)17(8-13(16)18)9-3-1-2-4-9/h5-6,9-10H,1-4,7-8,15H2,(H2,16,18). The van der Waals surface area contributed by atoms with E-state index in [2.05, 4.69) is 26.9 Å². The molecule has 1 amide bonds. The lowest BCUT2D eigenvalue weighted by Gasteiger charge is -2.34. The first kappa shape index (κ1) is 15.0. The van der Waals surface area contributed by atoms with Crippen molar-refractivity contribution in [1.29, 1.82) is 0 Å². The molecule has 6 heteroatoms. The molecule has 1 saturated carbocycles. The highest BCUT2D eigenvalue weighted by molar-refractivity contribution is 9.11. The van der Waals surface area contributed by atoms with Gasteiger partial charge in [0.05, 0.1) is 16.4 Å². The third kappa shape index (κ3) is 3.78. The molecule has 0 aromatic carbocycles. The zero-order valence-corrected chi connectivity index (χ0v) is 13.3. The molecule has 0 aliphatic heterocycles. The van der Waals surface area contributed by atoms with Gasteiger partial charge in [0, 0.05) is 17.5 Å². The summed E-state index contributed by atoms with van der Waals surface area (Å²) in [5.41, 5.74) is 11.4. The number of halogens is 1. The van der Waals surface area contributed by atoms with Gasteiger partial charge in [-0.25, -0.2) is 0 Å². The number of hydrogen-bond acceptors (Lipinski definition) is 4. The highest BCUT2D eigenvalue weighted by Crippen LogP contribution is 2.34. The molecule has 1 aliphatic carbocycles. The largest absolute Gasteiger partial charge is 0.369 e. The van der Waals surface area contributed by atoms with Gasteiger partial charge in [0.15, 0.2) is 0 Å². The van der Waals surface area contributed by atoms with Crippen LogP contribution in [0.2, 0.25) is 0 Å². The van der Waals surface area contributed by atoms with E-state index in [0.29, 0.717) is 19.1 Å². The second-order valence-corrected chi connectivity index (χ2v) is 7.46. The second kappa shape index (κ2) is 6.83. The summed E-state index contributed by atoms with van der Waals surface area (Å²) in [6, 6.07) is 4.63. The Balaban J connectivity index is 2.20. The Kier molecular flexibility index (Phi) is 5.38. The van der Waals surface area contributed by atoms with Crippen LogP contribution in [-0.2, 0) is 4.79 Å². The molecule has 106 valence electrons. The van der Waals surface area contributed by atoms with E-state index >= 15 is 0 Å². The van der Waals surface area contributed by atoms with Crippen LogP contribution < -0.4 is 11.5 Å². The van der Waals surface area contributed by atoms with E-state index in [1.54, 1.807) is 11.3 Å². The number of carbonyl (C=O) groups excluding carboxylic acids is 1. The van der Waals surface area contributed by atoms with Gasteiger partial charge in [-0.15, -0.1) is 11.3 Å². The van der Waals surface area contributed by atoms with Crippen LogP contribution in [0.5, 0.6) is 0 Å². The minimum atomic E-state index is -0.277. The van der Waals surface area contributed by atoms with E-state index in [4.69, 9.17) is 11.5 Å². The minimum Gasteiger partial charge on any atom is -0.369 e. The van der Waals surface area contributed by atoms with Crippen molar-refractivity contribution in [2.75, 3.05) is 13.1 Å². The average molecular weight is 346 g/mol. The van der Waals surface area contributed by atoms with Gasteiger partial charge in [0.2, 0.25) is 5.91 Å². The third-order valence-corrected chi connectivity index (χ3v) is 5.40. The van der Waals surface area contributed by atoms with Gasteiger partial charge in [-0.1, -0.05) is 12.8 Å². The Labute approximate surface area is 126 Å². The fourth-order valence-corrected chi connectivity index (χ4v) is 4.39. The molecule has 0 saturated heterocycles. The van der Waals surface area contributed by atoms with Crippen LogP contribution in [0, 0.1) is 0 Å². The molecule has 0 spiro atoms. The van der Waals surface area contributed by atoms with E-state index in [1.807, 2.05) is 6.07 Å². The molecule has 1 unspecified atom stereocenters. The van der Waals surface area contributed by atoms with Gasteiger partial charge in [-0.2, -0.15) is 0 Å². The molecule has 4 nitrogen and oxygen atoms in total. The fraction of sp³-hybridized carbons (Fsp3) is 0.615. The number of primary amides is 1. The number of nitrogens with zero attached hydrogens (tertiary/aromatic N) is 1. The quantitative estimate of drug-likeness (QED) is 0.830. The summed E-state index contributed by atoms with van der Waals surface area (Å²) in [7, 11) is 0. The van der Waals surface area contributed by atoms with Gasteiger partial charge in [-0.3, -0.25) is 9.69 Å². The van der Waals surface area contributed by atoms with Crippen LogP contribution in [0.15, 0.2) is 15.9 Å². The van der Waals surface area contributed by atoms with Crippen LogP contribution >= 0.6 is 27.3 Å². The molecule has 1 heterocycles. The maximum Gasteiger partial charge on any atom is 0.231 e. The van der Waals surface area contributed by atoms with Crippen LogP contribution in [-0.4, -0.2) is 29.9 Å². The number of nitrogens with two attached hydrogens (primary N) is 2. The summed E-state index contributed by atoms with van der Waals surface area (Å²) < 4.78 is 1.09. The molecule has 1 aromatic rings. The van der Waals surface area contributed by atoms with Crippen molar-refractivity contribution in [2.24, 2.45) is 11.5 Å². The van der Waals surface area contributed by atoms with Crippen molar-refractivity contribution >= 4 is 33.2 Å². The number of thiophene rings is 1. The highest BCUT2D eigenvalue weighted by atomic mass is 79.9. The molecule has 1 aliphatic rings. The Bertz CT molecular complexity index is 431. The first-order valence-corrected chi connectivity index (χ1v) is 8.22. The number of amides is 1. The zero-order chi connectivity index (χ0) is 13.8. The van der Waals surface area contributed by atoms with E-state index in [-0.39, 0.29) is 11.9 Å². The molecule has 0 bridgehead atoms. The molecule has 2 rings (SSSR count). The Hall–Kier alpha value is -0.430. The van der Waals surface area contributed by atoms with Crippen molar-refractivity contribution in [1.82, 2.24) is 4.90 Å². The number of carbonyl (C=O) groups is 1. The predicted octanol–water partition coefficient (Wildman–Crippen LogP) is 2.24. The average Bonchev–Trinajstić information content (AvgIpc) is 2.99. The molecule has 1 aromatic heterocycles. The summed E-state index contributed by atoms with van der Waals surface area (Å²) in [6.07, 6.45) is 4.73. The molecule has 4 N–H and O–H groups in total. The van der Waals surface area contributed by atoms with Crippen LogP contribution in [0.3, 0.4) is 0 Å². The predicted molar refractivity (Wildman–Crippen MR) is 82.0 cm³/mol. The maximum atomic E-state index is 11.4. The van der Waals surface area contributed by atoms with Gasteiger partial charge in [0.25, 0.3) is 0 Å². The Morgan fingerprint density at radius 1 is 1.47 bits per heavy atom. The molecule has 1 fully saturated rings. The monoisotopic (exact) mass is 345 g/mol. The lowest BCUT2D eigenvalue weighted by molar-refractivity contribution is -0.120. The van der Waals surface area contributed by atoms with Crippen LogP contribution in [0.1, 0.15) is 36.6 Å². The highest BCUT2D eigenvalue weighted by Gasteiger charge is 2.30. The van der Waals surface area contributed by atoms with E-state index in [1.165, 1.54) is 17.7 Å². The topological polar surface area (TPSA) is 72.3 Å². The number of rotatable bonds is 6. The lowest BCUT2D eigenvalue weighted by atomic mass is 10.1. The van der Waals surface area contributed by atoms with E-state index in [0.717, 1.165) is 16.6 Å². The van der Waals surface area contributed by atoms with Gasteiger partial charge < -0.3 is 11.5 Å². The Morgan fingerprint density at radius 3 is 2.63 bits per heavy atom. The van der Waals surface area contributed by atoms with Crippen LogP contribution in [0.4, 0.5) is 0 Å². The molecule has 1 atom stereocenters. The van der Waals surface area contributed by atoms with Crippen molar-refractivity contribution < 1.29 is 4.79 Å². The summed E-state index contributed by atoms with van der Waals surface area (Å²) in [6.45, 7) is 0.804. The summed E-state index contributed by atoms with van der Waals surface area (Å²) in [5, 5.41) is 0. The van der Waals surface area contributed by atoms with Crippen molar-refractivity contribution in [3.05, 3.63) is 20.8 Å². The third-order valence-electron chi connectivity index (χ3n) is 3.68. The molecular formula is C13H20BrN3OS. The van der Waals surface area contributed by atoms with E-state index < -0.39 is 0 Å². The SMILES string of the molecule is NCC(c1ccc(Br)s1)N(CC(N)=O)C1CCCC1. The normalized spacial score (nSPS) is 18.1. The minimum absolute atomic E-state index is 0.0897. The van der Waals surface area contributed by atoms with Crippen molar-refractivity contribution in [3.8, 4) is 0 Å². The lowest BCUT2D eigenvalue weighted by Crippen LogP contribution is -2.44. The maximum absolute atomic E-state index is 11.4. The van der Waals surface area contributed by atoms with Gasteiger partial charge >= 0.3 is 0 Å². The Morgan fingerprint density at radius 2 is 2.16 bits per heavy atom. The van der Waals surface area contributed by atoms with Crippen molar-refractivity contribution in [3.63, 3.8) is 0 Å². The zero-order valence-electron chi connectivity index (χ0n) is 10.8. The van der Waals surface area contributed by atoms with Crippen molar-refractivity contribution in [2.45, 2.75) is 37.8 Å². The molecular weight excluding hydrogens is 326 g/mol. The summed E-state index contributed by atoms with van der Waals surface area (Å²) in [4.78, 5) is 14.8. The number of hydrogen-bond donors (Lipinski definition) is 2. The van der Waals surface area contributed by atoms with Crippen LogP contribution in [0.25, 0.3) is 0 Å². The van der Waals surface area contributed by atoms with Gasteiger partial charge in [-0.05, 0) is 40.9 Å². The first-order chi connectivity index (χ1) is 9.11. The second-order valence-electron chi connectivity index (χ2n) is 4.97. The van der Waals surface area contributed by atoms with Gasteiger partial charge in [0.1, 0.15) is 0 Å². The summed E-state index contributed by atoms with van der Waals surface area (Å²) >= 11 is 5.16. The summed E-state index contributed by atoms with van der Waals surface area (Å²) in [5.74, 6) is -0.277.